The van der Waals surface area contributed by atoms with E-state index >= 15 is 0 Å². The van der Waals surface area contributed by atoms with E-state index < -0.39 is 0 Å². The van der Waals surface area contributed by atoms with Gasteiger partial charge in [0, 0.05) is 25.9 Å². The SMILES string of the molecule is C=CCNC(=O)C(C)Nc1ccn(C)n1. The first-order valence-electron chi connectivity index (χ1n) is 4.78. The molecule has 5 heteroatoms. The van der Waals surface area contributed by atoms with Crippen molar-refractivity contribution in [3.8, 4) is 0 Å². The summed E-state index contributed by atoms with van der Waals surface area (Å²) >= 11 is 0. The highest BCUT2D eigenvalue weighted by Gasteiger charge is 2.11. The van der Waals surface area contributed by atoms with Crippen LogP contribution < -0.4 is 10.6 Å². The van der Waals surface area contributed by atoms with Crippen molar-refractivity contribution < 1.29 is 4.79 Å². The zero-order chi connectivity index (χ0) is 11.3. The molecular weight excluding hydrogens is 192 g/mol. The molecule has 1 heterocycles. The van der Waals surface area contributed by atoms with Crippen LogP contribution in [0, 0.1) is 0 Å². The second-order valence-corrected chi connectivity index (χ2v) is 3.27. The molecule has 0 bridgehead atoms. The van der Waals surface area contributed by atoms with Gasteiger partial charge in [-0.15, -0.1) is 6.58 Å². The quantitative estimate of drug-likeness (QED) is 0.694. The van der Waals surface area contributed by atoms with Gasteiger partial charge in [-0.1, -0.05) is 6.08 Å². The minimum atomic E-state index is -0.306. The first kappa shape index (κ1) is 11.3. The molecule has 0 spiro atoms. The highest BCUT2D eigenvalue weighted by molar-refractivity contribution is 5.83. The maximum Gasteiger partial charge on any atom is 0.242 e. The van der Waals surface area contributed by atoms with Crippen LogP contribution in [0.5, 0.6) is 0 Å². The molecule has 82 valence electrons. The van der Waals surface area contributed by atoms with Gasteiger partial charge >= 0.3 is 0 Å². The summed E-state index contributed by atoms with van der Waals surface area (Å²) in [6.07, 6.45) is 3.46. The topological polar surface area (TPSA) is 59.0 Å². The molecule has 0 radical (unpaired) electrons. The normalized spacial score (nSPS) is 11.9. The lowest BCUT2D eigenvalue weighted by atomic mass is 10.3. The average molecular weight is 208 g/mol. The predicted octanol–water partition coefficient (Wildman–Crippen LogP) is 0.523. The second-order valence-electron chi connectivity index (χ2n) is 3.27. The third-order valence-corrected chi connectivity index (χ3v) is 1.89. The van der Waals surface area contributed by atoms with Gasteiger partial charge in [0.15, 0.2) is 0 Å². The van der Waals surface area contributed by atoms with Crippen molar-refractivity contribution in [1.29, 1.82) is 0 Å². The number of hydrogen-bond donors (Lipinski definition) is 2. The van der Waals surface area contributed by atoms with Gasteiger partial charge in [-0.3, -0.25) is 9.48 Å². The predicted molar refractivity (Wildman–Crippen MR) is 59.5 cm³/mol. The molecule has 5 nitrogen and oxygen atoms in total. The molecule has 0 fully saturated rings. The molecule has 15 heavy (non-hydrogen) atoms. The van der Waals surface area contributed by atoms with E-state index in [2.05, 4.69) is 22.3 Å². The number of nitrogens with one attached hydrogen (secondary N) is 2. The lowest BCUT2D eigenvalue weighted by Crippen LogP contribution is -2.37. The Morgan fingerprint density at radius 2 is 2.53 bits per heavy atom. The van der Waals surface area contributed by atoms with E-state index in [1.54, 1.807) is 17.7 Å². The summed E-state index contributed by atoms with van der Waals surface area (Å²) < 4.78 is 1.68. The third-order valence-electron chi connectivity index (χ3n) is 1.89. The van der Waals surface area contributed by atoms with Gasteiger partial charge in [0.25, 0.3) is 0 Å². The molecule has 0 aromatic carbocycles. The molecule has 0 saturated carbocycles. The van der Waals surface area contributed by atoms with Crippen LogP contribution in [0.3, 0.4) is 0 Å². The van der Waals surface area contributed by atoms with Gasteiger partial charge < -0.3 is 10.6 Å². The molecule has 1 rings (SSSR count). The highest BCUT2D eigenvalue weighted by atomic mass is 16.2. The van der Waals surface area contributed by atoms with Crippen LogP contribution in [0.4, 0.5) is 5.82 Å². The maximum atomic E-state index is 11.5. The van der Waals surface area contributed by atoms with Crippen molar-refractivity contribution >= 4 is 11.7 Å². The molecule has 1 unspecified atom stereocenters. The summed E-state index contributed by atoms with van der Waals surface area (Å²) in [5, 5.41) is 9.82. The number of carbonyl (C=O) groups excluding carboxylic acids is 1. The smallest absolute Gasteiger partial charge is 0.242 e. The number of aromatic nitrogens is 2. The van der Waals surface area contributed by atoms with Crippen molar-refractivity contribution in [3.63, 3.8) is 0 Å². The largest absolute Gasteiger partial charge is 0.357 e. The number of aryl methyl sites for hydroxylation is 1. The Balaban J connectivity index is 2.44. The average Bonchev–Trinajstić information content (AvgIpc) is 2.60. The minimum absolute atomic E-state index is 0.0689. The van der Waals surface area contributed by atoms with Gasteiger partial charge in [-0.25, -0.2) is 0 Å². The Bertz CT molecular complexity index is 345. The summed E-state index contributed by atoms with van der Waals surface area (Å²) in [6.45, 7) is 5.79. The van der Waals surface area contributed by atoms with Gasteiger partial charge in [0.05, 0.1) is 0 Å². The minimum Gasteiger partial charge on any atom is -0.357 e. The number of nitrogens with zero attached hydrogens (tertiary/aromatic N) is 2. The van der Waals surface area contributed by atoms with Gasteiger partial charge in [-0.2, -0.15) is 5.10 Å². The van der Waals surface area contributed by atoms with Gasteiger partial charge in [-0.05, 0) is 6.92 Å². The molecule has 0 saturated heterocycles. The van der Waals surface area contributed by atoms with E-state index in [4.69, 9.17) is 0 Å². The zero-order valence-corrected chi connectivity index (χ0v) is 9.03. The second kappa shape index (κ2) is 5.19. The third kappa shape index (κ3) is 3.46. The van der Waals surface area contributed by atoms with Crippen molar-refractivity contribution in [2.45, 2.75) is 13.0 Å². The molecular formula is C10H16N4O. The van der Waals surface area contributed by atoms with Crippen LogP contribution in [-0.4, -0.2) is 28.3 Å². The van der Waals surface area contributed by atoms with Gasteiger partial charge in [0.2, 0.25) is 5.91 Å². The fourth-order valence-corrected chi connectivity index (χ4v) is 1.11. The van der Waals surface area contributed by atoms with E-state index in [1.165, 1.54) is 0 Å². The lowest BCUT2D eigenvalue weighted by molar-refractivity contribution is -0.121. The number of rotatable bonds is 5. The van der Waals surface area contributed by atoms with E-state index in [1.807, 2.05) is 19.3 Å². The summed E-state index contributed by atoms with van der Waals surface area (Å²) in [6, 6.07) is 1.51. The zero-order valence-electron chi connectivity index (χ0n) is 9.03. The Kier molecular flexibility index (Phi) is 3.91. The Hall–Kier alpha value is -1.78. The van der Waals surface area contributed by atoms with Crippen LogP contribution in [0.1, 0.15) is 6.92 Å². The summed E-state index contributed by atoms with van der Waals surface area (Å²) in [7, 11) is 1.83. The molecule has 1 atom stereocenters. The van der Waals surface area contributed by atoms with Crippen LogP contribution in [0.25, 0.3) is 0 Å². The summed E-state index contributed by atoms with van der Waals surface area (Å²) in [5.74, 6) is 0.624. The van der Waals surface area contributed by atoms with E-state index in [0.717, 1.165) is 0 Å². The van der Waals surface area contributed by atoms with E-state index in [0.29, 0.717) is 12.4 Å². The fourth-order valence-electron chi connectivity index (χ4n) is 1.11. The Morgan fingerprint density at radius 3 is 3.07 bits per heavy atom. The molecule has 1 amide bonds. The molecule has 0 aliphatic heterocycles. The first-order chi connectivity index (χ1) is 7.13. The van der Waals surface area contributed by atoms with Gasteiger partial charge in [0.1, 0.15) is 11.9 Å². The molecule has 1 aromatic rings. The first-order valence-corrected chi connectivity index (χ1v) is 4.78. The molecule has 1 aromatic heterocycles. The Morgan fingerprint density at radius 1 is 1.80 bits per heavy atom. The number of anilines is 1. The van der Waals surface area contributed by atoms with Crippen molar-refractivity contribution in [3.05, 3.63) is 24.9 Å². The van der Waals surface area contributed by atoms with Crippen LogP contribution in [-0.2, 0) is 11.8 Å². The summed E-state index contributed by atoms with van der Waals surface area (Å²) in [5.41, 5.74) is 0. The molecule has 2 N–H and O–H groups in total. The summed E-state index contributed by atoms with van der Waals surface area (Å²) in [4.78, 5) is 11.5. The lowest BCUT2D eigenvalue weighted by Gasteiger charge is -2.12. The fraction of sp³-hybridized carbons (Fsp3) is 0.400. The number of amides is 1. The van der Waals surface area contributed by atoms with Crippen molar-refractivity contribution in [2.24, 2.45) is 7.05 Å². The van der Waals surface area contributed by atoms with Crippen LogP contribution in [0.2, 0.25) is 0 Å². The molecule has 0 aliphatic rings. The standard InChI is InChI=1S/C10H16N4O/c1-4-6-11-10(15)8(2)12-9-5-7-14(3)13-9/h4-5,7-8H,1,6H2,2-3H3,(H,11,15)(H,12,13). The number of hydrogen-bond acceptors (Lipinski definition) is 3. The monoisotopic (exact) mass is 208 g/mol. The van der Waals surface area contributed by atoms with Crippen molar-refractivity contribution in [2.75, 3.05) is 11.9 Å². The highest BCUT2D eigenvalue weighted by Crippen LogP contribution is 2.02. The van der Waals surface area contributed by atoms with Crippen LogP contribution in [0.15, 0.2) is 24.9 Å². The molecule has 0 aliphatic carbocycles. The Labute approximate surface area is 89.2 Å². The van der Waals surface area contributed by atoms with E-state index in [9.17, 15) is 4.79 Å². The number of carbonyl (C=O) groups is 1. The van der Waals surface area contributed by atoms with Crippen LogP contribution >= 0.6 is 0 Å². The maximum absolute atomic E-state index is 11.5. The van der Waals surface area contributed by atoms with Crippen molar-refractivity contribution in [1.82, 2.24) is 15.1 Å². The van der Waals surface area contributed by atoms with E-state index in [-0.39, 0.29) is 11.9 Å².